The van der Waals surface area contributed by atoms with Crippen LogP contribution in [-0.2, 0) is 4.79 Å². The van der Waals surface area contributed by atoms with E-state index in [9.17, 15) is 9.59 Å². The molecule has 30 heavy (non-hydrogen) atoms. The van der Waals surface area contributed by atoms with Gasteiger partial charge in [0.2, 0.25) is 0 Å². The van der Waals surface area contributed by atoms with Crippen molar-refractivity contribution in [2.24, 2.45) is 0 Å². The molecule has 0 saturated carbocycles. The fourth-order valence-corrected chi connectivity index (χ4v) is 2.83. The molecule has 3 rings (SSSR count). The zero-order valence-corrected chi connectivity index (χ0v) is 17.1. The summed E-state index contributed by atoms with van der Waals surface area (Å²) in [7, 11) is 0. The van der Waals surface area contributed by atoms with Crippen molar-refractivity contribution in [2.75, 3.05) is 0 Å². The Morgan fingerprint density at radius 3 is 1.97 bits per heavy atom. The molecule has 0 spiro atoms. The molecule has 0 aromatic heterocycles. The summed E-state index contributed by atoms with van der Waals surface area (Å²) in [6.45, 7) is 4.30. The topological polar surface area (TPSA) is 43.4 Å². The summed E-state index contributed by atoms with van der Waals surface area (Å²) in [5, 5.41) is 0. The van der Waals surface area contributed by atoms with E-state index in [4.69, 9.17) is 4.74 Å². The maximum absolute atomic E-state index is 12.4. The fourth-order valence-electron chi connectivity index (χ4n) is 2.83. The summed E-state index contributed by atoms with van der Waals surface area (Å²) in [4.78, 5) is 24.3. The summed E-state index contributed by atoms with van der Waals surface area (Å²) in [5.74, 6) is 0.293. The van der Waals surface area contributed by atoms with Gasteiger partial charge in [-0.1, -0.05) is 74.5 Å². The molecule has 0 bridgehead atoms. The first-order chi connectivity index (χ1) is 14.5. The average molecular weight is 396 g/mol. The van der Waals surface area contributed by atoms with Gasteiger partial charge in [-0.05, 0) is 59.0 Å². The lowest BCUT2D eigenvalue weighted by atomic mass is 10.0. The van der Waals surface area contributed by atoms with Crippen LogP contribution in [0.25, 0.3) is 12.2 Å². The molecule has 3 aromatic carbocycles. The lowest BCUT2D eigenvalue weighted by molar-refractivity contribution is -0.128. The van der Waals surface area contributed by atoms with Crippen LogP contribution in [0.1, 0.15) is 46.8 Å². The Morgan fingerprint density at radius 1 is 0.733 bits per heavy atom. The standard InChI is InChI=1S/C27H24O3/c1-20(2)23-12-8-22(9-13-23)10-18-26(28)24-14-16-25(17-15-24)30-27(29)19-11-21-6-4-3-5-7-21/h3-20H,1-2H3/b18-10+,19-11+. The summed E-state index contributed by atoms with van der Waals surface area (Å²) in [6, 6.07) is 24.2. The second-order valence-corrected chi connectivity index (χ2v) is 7.21. The molecule has 150 valence electrons. The molecular weight excluding hydrogens is 372 g/mol. The van der Waals surface area contributed by atoms with E-state index >= 15 is 0 Å². The van der Waals surface area contributed by atoms with E-state index < -0.39 is 5.97 Å². The highest BCUT2D eigenvalue weighted by Crippen LogP contribution is 2.17. The van der Waals surface area contributed by atoms with Gasteiger partial charge in [0, 0.05) is 11.6 Å². The van der Waals surface area contributed by atoms with Crippen LogP contribution in [0.2, 0.25) is 0 Å². The summed E-state index contributed by atoms with van der Waals surface area (Å²) in [5.41, 5.74) is 3.69. The van der Waals surface area contributed by atoms with E-state index in [-0.39, 0.29) is 5.78 Å². The Bertz CT molecular complexity index is 1040. The summed E-state index contributed by atoms with van der Waals surface area (Å²) < 4.78 is 5.28. The van der Waals surface area contributed by atoms with Gasteiger partial charge < -0.3 is 4.74 Å². The van der Waals surface area contributed by atoms with Crippen molar-refractivity contribution in [1.82, 2.24) is 0 Å². The molecule has 3 aromatic rings. The molecule has 0 aliphatic heterocycles. The Hall–Kier alpha value is -3.72. The predicted molar refractivity (Wildman–Crippen MR) is 121 cm³/mol. The predicted octanol–water partition coefficient (Wildman–Crippen LogP) is 6.32. The van der Waals surface area contributed by atoms with Crippen molar-refractivity contribution in [3.8, 4) is 5.75 Å². The van der Waals surface area contributed by atoms with Crippen molar-refractivity contribution >= 4 is 23.9 Å². The highest BCUT2D eigenvalue weighted by atomic mass is 16.5. The number of carbonyl (C=O) groups excluding carboxylic acids is 2. The number of esters is 1. The smallest absolute Gasteiger partial charge is 0.336 e. The normalized spacial score (nSPS) is 11.3. The van der Waals surface area contributed by atoms with Crippen molar-refractivity contribution in [3.63, 3.8) is 0 Å². The Morgan fingerprint density at radius 2 is 1.33 bits per heavy atom. The first kappa shape index (κ1) is 21.0. The van der Waals surface area contributed by atoms with E-state index in [1.807, 2.05) is 42.5 Å². The van der Waals surface area contributed by atoms with Gasteiger partial charge in [0.1, 0.15) is 5.75 Å². The van der Waals surface area contributed by atoms with E-state index in [2.05, 4.69) is 26.0 Å². The second-order valence-electron chi connectivity index (χ2n) is 7.21. The lowest BCUT2D eigenvalue weighted by Gasteiger charge is -2.04. The van der Waals surface area contributed by atoms with Crippen molar-refractivity contribution in [2.45, 2.75) is 19.8 Å². The van der Waals surface area contributed by atoms with Gasteiger partial charge in [0.05, 0.1) is 0 Å². The zero-order valence-electron chi connectivity index (χ0n) is 17.1. The number of hydrogen-bond acceptors (Lipinski definition) is 3. The molecule has 0 fully saturated rings. The average Bonchev–Trinajstić information content (AvgIpc) is 2.77. The molecule has 3 heteroatoms. The van der Waals surface area contributed by atoms with E-state index in [1.54, 1.807) is 42.5 Å². The van der Waals surface area contributed by atoms with E-state index in [0.717, 1.165) is 11.1 Å². The monoisotopic (exact) mass is 396 g/mol. The van der Waals surface area contributed by atoms with E-state index in [1.165, 1.54) is 11.6 Å². The Balaban J connectivity index is 1.57. The molecule has 0 atom stereocenters. The Labute approximate surface area is 177 Å². The third kappa shape index (κ3) is 6.14. The van der Waals surface area contributed by atoms with Crippen LogP contribution in [0.4, 0.5) is 0 Å². The molecule has 0 heterocycles. The van der Waals surface area contributed by atoms with Gasteiger partial charge in [-0.3, -0.25) is 4.79 Å². The highest BCUT2D eigenvalue weighted by Gasteiger charge is 2.05. The van der Waals surface area contributed by atoms with Crippen molar-refractivity contribution in [1.29, 1.82) is 0 Å². The highest BCUT2D eigenvalue weighted by molar-refractivity contribution is 6.06. The largest absolute Gasteiger partial charge is 0.423 e. The van der Waals surface area contributed by atoms with Crippen LogP contribution < -0.4 is 4.74 Å². The Kier molecular flexibility index (Phi) is 7.12. The molecule has 0 amide bonds. The minimum absolute atomic E-state index is 0.107. The lowest BCUT2D eigenvalue weighted by Crippen LogP contribution is -2.04. The van der Waals surface area contributed by atoms with Crippen LogP contribution in [0, 0.1) is 0 Å². The van der Waals surface area contributed by atoms with Crippen molar-refractivity contribution in [3.05, 3.63) is 113 Å². The van der Waals surface area contributed by atoms with Crippen LogP contribution in [0.15, 0.2) is 91.0 Å². The maximum atomic E-state index is 12.4. The van der Waals surface area contributed by atoms with Gasteiger partial charge in [0.15, 0.2) is 5.78 Å². The van der Waals surface area contributed by atoms with Gasteiger partial charge in [-0.2, -0.15) is 0 Å². The van der Waals surface area contributed by atoms with Crippen LogP contribution in [0.5, 0.6) is 5.75 Å². The first-order valence-corrected chi connectivity index (χ1v) is 9.88. The first-order valence-electron chi connectivity index (χ1n) is 9.88. The summed E-state index contributed by atoms with van der Waals surface area (Å²) in [6.07, 6.45) is 6.42. The molecule has 0 aliphatic rings. The van der Waals surface area contributed by atoms with Gasteiger partial charge >= 0.3 is 5.97 Å². The number of ether oxygens (including phenoxy) is 1. The second kappa shape index (κ2) is 10.2. The minimum Gasteiger partial charge on any atom is -0.423 e. The maximum Gasteiger partial charge on any atom is 0.336 e. The number of carbonyl (C=O) groups is 2. The molecule has 0 N–H and O–H groups in total. The molecule has 0 unspecified atom stereocenters. The van der Waals surface area contributed by atoms with Crippen LogP contribution in [0.3, 0.4) is 0 Å². The van der Waals surface area contributed by atoms with Gasteiger partial charge in [-0.15, -0.1) is 0 Å². The quantitative estimate of drug-likeness (QED) is 0.203. The summed E-state index contributed by atoms with van der Waals surface area (Å²) >= 11 is 0. The number of rotatable bonds is 7. The van der Waals surface area contributed by atoms with E-state index in [0.29, 0.717) is 17.2 Å². The number of hydrogen-bond donors (Lipinski definition) is 0. The minimum atomic E-state index is -0.470. The van der Waals surface area contributed by atoms with Crippen LogP contribution in [-0.4, -0.2) is 11.8 Å². The third-order valence-corrected chi connectivity index (χ3v) is 4.60. The molecule has 0 aliphatic carbocycles. The van der Waals surface area contributed by atoms with Gasteiger partial charge in [0.25, 0.3) is 0 Å². The zero-order chi connectivity index (χ0) is 21.3. The molecular formula is C27H24O3. The number of allylic oxidation sites excluding steroid dienone is 1. The third-order valence-electron chi connectivity index (χ3n) is 4.60. The van der Waals surface area contributed by atoms with Crippen molar-refractivity contribution < 1.29 is 14.3 Å². The number of benzene rings is 3. The molecule has 0 radical (unpaired) electrons. The van der Waals surface area contributed by atoms with Crippen LogP contribution >= 0.6 is 0 Å². The fraction of sp³-hybridized carbons (Fsp3) is 0.111. The SMILES string of the molecule is CC(C)c1ccc(/C=C/C(=O)c2ccc(OC(=O)/C=C/c3ccccc3)cc2)cc1. The molecule has 3 nitrogen and oxygen atoms in total. The number of ketones is 1. The van der Waals surface area contributed by atoms with Gasteiger partial charge in [-0.25, -0.2) is 4.79 Å². The molecule has 0 saturated heterocycles.